The van der Waals surface area contributed by atoms with E-state index in [1.807, 2.05) is 17.0 Å². The molecule has 2 aromatic carbocycles. The number of nitrogens with zero attached hydrogens (tertiary/aromatic N) is 5. The molecule has 5 rings (SSSR count). The second-order valence-corrected chi connectivity index (χ2v) is 7.65. The monoisotopic (exact) mass is 459 g/mol. The van der Waals surface area contributed by atoms with Crippen molar-refractivity contribution in [1.29, 1.82) is 0 Å². The molecule has 10 heteroatoms. The number of ether oxygens (including phenoxy) is 1. The van der Waals surface area contributed by atoms with Crippen LogP contribution >= 0.6 is 0 Å². The smallest absolute Gasteiger partial charge is 0.247 e. The molecular formula is C24H22FN7O2. The highest BCUT2D eigenvalue weighted by Crippen LogP contribution is 2.26. The van der Waals surface area contributed by atoms with Crippen molar-refractivity contribution in [3.63, 3.8) is 0 Å². The lowest BCUT2D eigenvalue weighted by molar-refractivity contribution is -0.111. The number of amides is 1. The van der Waals surface area contributed by atoms with E-state index in [0.29, 0.717) is 60.5 Å². The minimum absolute atomic E-state index is 0.298. The largest absolute Gasteiger partial charge is 0.378 e. The lowest BCUT2D eigenvalue weighted by Gasteiger charge is -2.29. The van der Waals surface area contributed by atoms with Gasteiger partial charge in [-0.25, -0.2) is 14.4 Å². The van der Waals surface area contributed by atoms with E-state index in [1.165, 1.54) is 12.1 Å². The third kappa shape index (κ3) is 4.44. The lowest BCUT2D eigenvalue weighted by atomic mass is 10.2. The quantitative estimate of drug-likeness (QED) is 0.425. The molecule has 2 N–H and O–H groups in total. The van der Waals surface area contributed by atoms with E-state index in [4.69, 9.17) is 4.74 Å². The number of aromatic nitrogens is 4. The van der Waals surface area contributed by atoms with Crippen molar-refractivity contribution in [2.75, 3.05) is 41.8 Å². The summed E-state index contributed by atoms with van der Waals surface area (Å²) in [6.45, 7) is 5.96. The van der Waals surface area contributed by atoms with Gasteiger partial charge in [-0.3, -0.25) is 9.36 Å². The number of halogens is 1. The Balaban J connectivity index is 1.40. The van der Waals surface area contributed by atoms with Gasteiger partial charge in [-0.1, -0.05) is 12.6 Å². The number of rotatable bonds is 6. The average molecular weight is 459 g/mol. The first-order chi connectivity index (χ1) is 16.6. The van der Waals surface area contributed by atoms with E-state index in [0.717, 1.165) is 5.69 Å². The zero-order valence-corrected chi connectivity index (χ0v) is 18.2. The van der Waals surface area contributed by atoms with Gasteiger partial charge in [0, 0.05) is 24.5 Å². The summed E-state index contributed by atoms with van der Waals surface area (Å²) in [5, 5.41) is 5.80. The van der Waals surface area contributed by atoms with E-state index in [1.54, 1.807) is 41.4 Å². The molecule has 4 aromatic rings. The first kappa shape index (κ1) is 21.5. The first-order valence-corrected chi connectivity index (χ1v) is 10.7. The van der Waals surface area contributed by atoms with Crippen molar-refractivity contribution in [1.82, 2.24) is 19.5 Å². The van der Waals surface area contributed by atoms with E-state index in [-0.39, 0.29) is 11.7 Å². The number of morpholine rings is 1. The topological polar surface area (TPSA) is 97.2 Å². The Morgan fingerprint density at radius 2 is 1.97 bits per heavy atom. The van der Waals surface area contributed by atoms with Gasteiger partial charge in [-0.2, -0.15) is 4.98 Å². The summed E-state index contributed by atoms with van der Waals surface area (Å²) >= 11 is 0. The second kappa shape index (κ2) is 9.28. The molecule has 1 amide bonds. The van der Waals surface area contributed by atoms with Gasteiger partial charge in [0.1, 0.15) is 17.7 Å². The van der Waals surface area contributed by atoms with Gasteiger partial charge in [0.2, 0.25) is 11.9 Å². The number of carbonyl (C=O) groups is 1. The highest BCUT2D eigenvalue weighted by Gasteiger charge is 2.16. The molecule has 0 atom stereocenters. The van der Waals surface area contributed by atoms with Crippen LogP contribution in [0, 0.1) is 5.82 Å². The minimum Gasteiger partial charge on any atom is -0.378 e. The summed E-state index contributed by atoms with van der Waals surface area (Å²) in [4.78, 5) is 26.8. The van der Waals surface area contributed by atoms with Crippen molar-refractivity contribution < 1.29 is 13.9 Å². The number of hydrogen-bond acceptors (Lipinski definition) is 7. The fraction of sp³-hybridized carbons (Fsp3) is 0.167. The second-order valence-electron chi connectivity index (χ2n) is 7.65. The first-order valence-electron chi connectivity index (χ1n) is 10.7. The molecule has 9 nitrogen and oxygen atoms in total. The number of benzene rings is 2. The van der Waals surface area contributed by atoms with Gasteiger partial charge in [0.15, 0.2) is 5.65 Å². The van der Waals surface area contributed by atoms with E-state index >= 15 is 0 Å². The Kier molecular flexibility index (Phi) is 5.88. The highest BCUT2D eigenvalue weighted by molar-refractivity contribution is 5.99. The summed E-state index contributed by atoms with van der Waals surface area (Å²) in [6.07, 6.45) is 4.44. The Hall–Kier alpha value is -4.31. The van der Waals surface area contributed by atoms with Crippen molar-refractivity contribution in [3.05, 3.63) is 73.5 Å². The maximum absolute atomic E-state index is 14.8. The number of nitrogens with one attached hydrogen (secondary N) is 2. The number of fused-ring (bicyclic) bond motifs is 1. The molecule has 0 saturated carbocycles. The molecular weight excluding hydrogens is 437 g/mol. The molecule has 1 aliphatic heterocycles. The standard InChI is InChI=1S/C24H22FN7O2/c1-2-22(33)28-16-4-3-5-18(12-16)32-15-27-20-14-26-24(30-23(20)32)29-17-6-7-21(19(25)13-17)31-8-10-34-11-9-31/h2-7,12-15H,1,8-11H2,(H,28,33)(H,26,29,30). The van der Waals surface area contributed by atoms with Gasteiger partial charge in [0.25, 0.3) is 0 Å². The van der Waals surface area contributed by atoms with Gasteiger partial charge < -0.3 is 20.3 Å². The summed E-state index contributed by atoms with van der Waals surface area (Å²) in [6, 6.07) is 12.2. The fourth-order valence-electron chi connectivity index (χ4n) is 3.76. The number of imidazole rings is 1. The van der Waals surface area contributed by atoms with Gasteiger partial charge >= 0.3 is 0 Å². The van der Waals surface area contributed by atoms with Crippen LogP contribution in [0.4, 0.5) is 27.4 Å². The number of anilines is 4. The maximum atomic E-state index is 14.8. The van der Waals surface area contributed by atoms with Gasteiger partial charge in [-0.05, 0) is 42.5 Å². The Morgan fingerprint density at radius 1 is 1.12 bits per heavy atom. The van der Waals surface area contributed by atoms with Gasteiger partial charge in [0.05, 0.1) is 30.8 Å². The third-order valence-corrected chi connectivity index (χ3v) is 5.42. The lowest BCUT2D eigenvalue weighted by Crippen LogP contribution is -2.36. The van der Waals surface area contributed by atoms with Crippen LogP contribution in [0.5, 0.6) is 0 Å². The maximum Gasteiger partial charge on any atom is 0.247 e. The van der Waals surface area contributed by atoms with E-state index in [2.05, 4.69) is 32.2 Å². The molecule has 34 heavy (non-hydrogen) atoms. The van der Waals surface area contributed by atoms with Crippen LogP contribution < -0.4 is 15.5 Å². The predicted molar refractivity (Wildman–Crippen MR) is 128 cm³/mol. The molecule has 0 unspecified atom stereocenters. The summed E-state index contributed by atoms with van der Waals surface area (Å²) in [5.41, 5.74) is 3.62. The van der Waals surface area contributed by atoms with Crippen LogP contribution in [0.2, 0.25) is 0 Å². The van der Waals surface area contributed by atoms with Crippen LogP contribution in [0.25, 0.3) is 16.9 Å². The highest BCUT2D eigenvalue weighted by atomic mass is 19.1. The predicted octanol–water partition coefficient (Wildman–Crippen LogP) is 3.66. The van der Waals surface area contributed by atoms with E-state index < -0.39 is 0 Å². The fourth-order valence-corrected chi connectivity index (χ4v) is 3.76. The minimum atomic E-state index is -0.323. The van der Waals surface area contributed by atoms with Crippen LogP contribution in [0.3, 0.4) is 0 Å². The van der Waals surface area contributed by atoms with Gasteiger partial charge in [-0.15, -0.1) is 0 Å². The van der Waals surface area contributed by atoms with Crippen molar-refractivity contribution in [3.8, 4) is 5.69 Å². The van der Waals surface area contributed by atoms with Crippen LogP contribution in [0.1, 0.15) is 0 Å². The summed E-state index contributed by atoms with van der Waals surface area (Å²) in [5.74, 6) is -0.311. The summed E-state index contributed by atoms with van der Waals surface area (Å²) in [7, 11) is 0. The molecule has 0 aliphatic carbocycles. The van der Waals surface area contributed by atoms with Crippen LogP contribution in [-0.2, 0) is 9.53 Å². The molecule has 1 fully saturated rings. The molecule has 0 bridgehead atoms. The molecule has 0 spiro atoms. The Bertz CT molecular complexity index is 1360. The Labute approximate surface area is 194 Å². The van der Waals surface area contributed by atoms with Crippen molar-refractivity contribution >= 4 is 40.1 Å². The van der Waals surface area contributed by atoms with Crippen LogP contribution in [-0.4, -0.2) is 51.7 Å². The molecule has 1 aliphatic rings. The van der Waals surface area contributed by atoms with Crippen LogP contribution in [0.15, 0.2) is 67.6 Å². The molecule has 1 saturated heterocycles. The third-order valence-electron chi connectivity index (χ3n) is 5.42. The molecule has 172 valence electrons. The number of carbonyl (C=O) groups excluding carboxylic acids is 1. The molecule has 0 radical (unpaired) electrons. The Morgan fingerprint density at radius 3 is 2.76 bits per heavy atom. The zero-order valence-electron chi connectivity index (χ0n) is 18.2. The zero-order chi connectivity index (χ0) is 23.5. The number of hydrogen-bond donors (Lipinski definition) is 2. The van der Waals surface area contributed by atoms with Crippen molar-refractivity contribution in [2.45, 2.75) is 0 Å². The van der Waals surface area contributed by atoms with E-state index in [9.17, 15) is 9.18 Å². The normalized spacial score (nSPS) is 13.6. The molecule has 2 aromatic heterocycles. The average Bonchev–Trinajstić information content (AvgIpc) is 3.28. The SMILES string of the molecule is C=CC(=O)Nc1cccc(-n2cnc3cnc(Nc4ccc(N5CCOCC5)c(F)c4)nc32)c1. The summed E-state index contributed by atoms with van der Waals surface area (Å²) < 4.78 is 21.9. The van der Waals surface area contributed by atoms with Crippen molar-refractivity contribution in [2.24, 2.45) is 0 Å². The molecule has 3 heterocycles.